The van der Waals surface area contributed by atoms with Gasteiger partial charge in [-0.05, 0) is 31.6 Å². The second-order valence-corrected chi connectivity index (χ2v) is 5.38. The number of halogens is 1. The molecule has 0 spiro atoms. The molecule has 2 atom stereocenters. The second-order valence-electron chi connectivity index (χ2n) is 5.00. The van der Waals surface area contributed by atoms with Gasteiger partial charge in [0, 0.05) is 7.05 Å². The number of hydrogen-bond acceptors (Lipinski definition) is 2. The van der Waals surface area contributed by atoms with Crippen molar-refractivity contribution in [2.45, 2.75) is 51.6 Å². The highest BCUT2D eigenvalue weighted by Gasteiger charge is 2.26. The van der Waals surface area contributed by atoms with E-state index in [1.165, 1.54) is 6.42 Å². The molecule has 1 N–H and O–H groups in total. The normalized spacial score (nSPS) is 25.2. The number of aromatic nitrogens is 2. The highest BCUT2D eigenvalue weighted by Crippen LogP contribution is 2.30. The molecule has 1 aliphatic carbocycles. The summed E-state index contributed by atoms with van der Waals surface area (Å²) in [5.74, 6) is 0.348. The Morgan fingerprint density at radius 3 is 2.71 bits per heavy atom. The summed E-state index contributed by atoms with van der Waals surface area (Å²) in [4.78, 5) is 0. The van der Waals surface area contributed by atoms with Gasteiger partial charge < -0.3 is 5.11 Å². The monoisotopic (exact) mass is 256 g/mol. The van der Waals surface area contributed by atoms with Gasteiger partial charge in [-0.2, -0.15) is 5.10 Å². The van der Waals surface area contributed by atoms with E-state index in [0.717, 1.165) is 48.5 Å². The van der Waals surface area contributed by atoms with Crippen LogP contribution < -0.4 is 0 Å². The van der Waals surface area contributed by atoms with Crippen LogP contribution in [0.25, 0.3) is 0 Å². The molecule has 2 unspecified atom stereocenters. The van der Waals surface area contributed by atoms with Crippen LogP contribution in [-0.2, 0) is 19.9 Å². The van der Waals surface area contributed by atoms with Crippen LogP contribution in [0.4, 0.5) is 0 Å². The van der Waals surface area contributed by atoms with Crippen molar-refractivity contribution in [1.29, 1.82) is 0 Å². The van der Waals surface area contributed by atoms with Crippen molar-refractivity contribution in [1.82, 2.24) is 9.78 Å². The van der Waals surface area contributed by atoms with Gasteiger partial charge in [-0.1, -0.05) is 31.4 Å². The average molecular weight is 257 g/mol. The average Bonchev–Trinajstić information content (AvgIpc) is 2.59. The lowest BCUT2D eigenvalue weighted by molar-refractivity contribution is 0.0691. The zero-order valence-corrected chi connectivity index (χ0v) is 11.4. The van der Waals surface area contributed by atoms with Crippen LogP contribution in [-0.4, -0.2) is 21.0 Å². The molecule has 0 aromatic carbocycles. The van der Waals surface area contributed by atoms with Crippen LogP contribution in [0.3, 0.4) is 0 Å². The summed E-state index contributed by atoms with van der Waals surface area (Å²) in [7, 11) is 1.94. The van der Waals surface area contributed by atoms with E-state index in [9.17, 15) is 5.11 Å². The van der Waals surface area contributed by atoms with E-state index in [-0.39, 0.29) is 6.10 Å². The lowest BCUT2D eigenvalue weighted by Gasteiger charge is -2.27. The predicted octanol–water partition coefficient (Wildman–Crippen LogP) is 2.73. The van der Waals surface area contributed by atoms with Crippen LogP contribution in [0.2, 0.25) is 5.02 Å². The number of rotatable bonds is 3. The zero-order chi connectivity index (χ0) is 12.4. The van der Waals surface area contributed by atoms with Gasteiger partial charge in [0.2, 0.25) is 0 Å². The number of nitrogens with zero attached hydrogens (tertiary/aromatic N) is 2. The van der Waals surface area contributed by atoms with Gasteiger partial charge in [-0.3, -0.25) is 4.68 Å². The van der Waals surface area contributed by atoms with E-state index in [1.807, 2.05) is 11.7 Å². The minimum Gasteiger partial charge on any atom is -0.393 e. The van der Waals surface area contributed by atoms with Crippen molar-refractivity contribution in [3.63, 3.8) is 0 Å². The first-order valence-corrected chi connectivity index (χ1v) is 6.89. The molecule has 0 amide bonds. The maximum absolute atomic E-state index is 10.0. The van der Waals surface area contributed by atoms with Crippen molar-refractivity contribution >= 4 is 11.6 Å². The molecule has 1 aromatic heterocycles. The summed E-state index contributed by atoms with van der Waals surface area (Å²) in [6.45, 7) is 2.06. The largest absolute Gasteiger partial charge is 0.393 e. The van der Waals surface area contributed by atoms with Crippen molar-refractivity contribution in [2.75, 3.05) is 0 Å². The Labute approximate surface area is 108 Å². The molecular weight excluding hydrogens is 236 g/mol. The summed E-state index contributed by atoms with van der Waals surface area (Å²) in [6, 6.07) is 0. The fourth-order valence-electron chi connectivity index (χ4n) is 2.72. The first-order valence-electron chi connectivity index (χ1n) is 6.51. The summed E-state index contributed by atoms with van der Waals surface area (Å²) in [6.07, 6.45) is 5.95. The first-order chi connectivity index (χ1) is 8.13. The Kier molecular flexibility index (Phi) is 4.10. The molecule has 0 bridgehead atoms. The molecule has 0 aliphatic heterocycles. The van der Waals surface area contributed by atoms with Gasteiger partial charge in [0.05, 0.1) is 22.5 Å². The molecule has 1 saturated carbocycles. The molecule has 0 saturated heterocycles. The smallest absolute Gasteiger partial charge is 0.0849 e. The molecule has 1 aromatic rings. The standard InChI is InChI=1S/C13H21ClN2O/c1-3-10-13(14)11(16(2)15-10)8-9-6-4-5-7-12(9)17/h9,12,17H,3-8H2,1-2H3. The number of hydrogen-bond donors (Lipinski definition) is 1. The van der Waals surface area contributed by atoms with Crippen LogP contribution in [0, 0.1) is 5.92 Å². The minimum absolute atomic E-state index is 0.167. The minimum atomic E-state index is -0.167. The summed E-state index contributed by atoms with van der Waals surface area (Å²) >= 11 is 6.33. The molecule has 2 rings (SSSR count). The number of aliphatic hydroxyl groups excluding tert-OH is 1. The third-order valence-corrected chi connectivity index (χ3v) is 4.26. The highest BCUT2D eigenvalue weighted by atomic mass is 35.5. The molecule has 96 valence electrons. The zero-order valence-electron chi connectivity index (χ0n) is 10.6. The summed E-state index contributed by atoms with van der Waals surface area (Å²) < 4.78 is 1.88. The van der Waals surface area contributed by atoms with Crippen molar-refractivity contribution in [3.8, 4) is 0 Å². The van der Waals surface area contributed by atoms with Crippen LogP contribution in [0.5, 0.6) is 0 Å². The topological polar surface area (TPSA) is 38.0 Å². The van der Waals surface area contributed by atoms with Crippen LogP contribution in [0.1, 0.15) is 44.0 Å². The first kappa shape index (κ1) is 12.9. The molecule has 3 nitrogen and oxygen atoms in total. The van der Waals surface area contributed by atoms with E-state index < -0.39 is 0 Å². The molecule has 1 fully saturated rings. The molecule has 1 aliphatic rings. The van der Waals surface area contributed by atoms with E-state index in [0.29, 0.717) is 5.92 Å². The van der Waals surface area contributed by atoms with E-state index in [4.69, 9.17) is 11.6 Å². The van der Waals surface area contributed by atoms with Crippen molar-refractivity contribution in [3.05, 3.63) is 16.4 Å². The Morgan fingerprint density at radius 2 is 2.12 bits per heavy atom. The van der Waals surface area contributed by atoms with Gasteiger partial charge in [-0.25, -0.2) is 0 Å². The van der Waals surface area contributed by atoms with Crippen molar-refractivity contribution in [2.24, 2.45) is 13.0 Å². The van der Waals surface area contributed by atoms with Gasteiger partial charge >= 0.3 is 0 Å². The fourth-order valence-corrected chi connectivity index (χ4v) is 3.09. The van der Waals surface area contributed by atoms with Gasteiger partial charge in [0.25, 0.3) is 0 Å². The third-order valence-electron chi connectivity index (χ3n) is 3.83. The maximum atomic E-state index is 10.0. The van der Waals surface area contributed by atoms with Gasteiger partial charge in [0.1, 0.15) is 0 Å². The molecular formula is C13H21ClN2O. The van der Waals surface area contributed by atoms with Crippen LogP contribution >= 0.6 is 11.6 Å². The molecule has 0 radical (unpaired) electrons. The molecule has 1 heterocycles. The van der Waals surface area contributed by atoms with E-state index >= 15 is 0 Å². The lowest BCUT2D eigenvalue weighted by Crippen LogP contribution is -2.27. The van der Waals surface area contributed by atoms with Crippen molar-refractivity contribution < 1.29 is 5.11 Å². The quantitative estimate of drug-likeness (QED) is 0.903. The number of aliphatic hydroxyl groups is 1. The maximum Gasteiger partial charge on any atom is 0.0849 e. The Morgan fingerprint density at radius 1 is 1.41 bits per heavy atom. The SMILES string of the molecule is CCc1nn(C)c(CC2CCCCC2O)c1Cl. The lowest BCUT2D eigenvalue weighted by atomic mass is 9.83. The Bertz CT molecular complexity index is 389. The number of aryl methyl sites for hydroxylation is 2. The molecule has 17 heavy (non-hydrogen) atoms. The fraction of sp³-hybridized carbons (Fsp3) is 0.769. The predicted molar refractivity (Wildman–Crippen MR) is 69.3 cm³/mol. The van der Waals surface area contributed by atoms with E-state index in [1.54, 1.807) is 0 Å². The Balaban J connectivity index is 2.14. The summed E-state index contributed by atoms with van der Waals surface area (Å²) in [5, 5.41) is 15.2. The van der Waals surface area contributed by atoms with Crippen LogP contribution in [0.15, 0.2) is 0 Å². The summed E-state index contributed by atoms with van der Waals surface area (Å²) in [5.41, 5.74) is 2.05. The van der Waals surface area contributed by atoms with Gasteiger partial charge in [-0.15, -0.1) is 0 Å². The highest BCUT2D eigenvalue weighted by molar-refractivity contribution is 6.31. The third kappa shape index (κ3) is 2.66. The Hall–Kier alpha value is -0.540. The van der Waals surface area contributed by atoms with E-state index in [2.05, 4.69) is 12.0 Å². The van der Waals surface area contributed by atoms with Gasteiger partial charge in [0.15, 0.2) is 0 Å². The second kappa shape index (κ2) is 5.40. The molecule has 4 heteroatoms.